The van der Waals surface area contributed by atoms with Gasteiger partial charge >= 0.3 is 11.9 Å². The smallest absolute Gasteiger partial charge is 0.310 e. The number of ether oxygens (including phenoxy) is 1. The summed E-state index contributed by atoms with van der Waals surface area (Å²) in [6.07, 6.45) is -0.101. The molecule has 0 aromatic carbocycles. The van der Waals surface area contributed by atoms with E-state index in [0.717, 1.165) is 0 Å². The number of aliphatic carboxylic acids is 1. The first-order valence-corrected chi connectivity index (χ1v) is 5.17. The summed E-state index contributed by atoms with van der Waals surface area (Å²) in [5.74, 6) is -1.50. The Labute approximate surface area is 96.0 Å². The molecule has 5 nitrogen and oxygen atoms in total. The highest BCUT2D eigenvalue weighted by molar-refractivity contribution is 5.77. The predicted octanol–water partition coefficient (Wildman–Crippen LogP) is 1.16. The van der Waals surface area contributed by atoms with Crippen LogP contribution in [0.15, 0.2) is 0 Å². The molecule has 0 saturated heterocycles. The van der Waals surface area contributed by atoms with Crippen LogP contribution in [0.4, 0.5) is 0 Å². The summed E-state index contributed by atoms with van der Waals surface area (Å²) in [4.78, 5) is 22.3. The largest absolute Gasteiger partial charge is 0.481 e. The molecule has 0 aromatic heterocycles. The van der Waals surface area contributed by atoms with Crippen molar-refractivity contribution in [2.75, 3.05) is 0 Å². The van der Waals surface area contributed by atoms with E-state index in [-0.39, 0.29) is 6.42 Å². The maximum atomic E-state index is 11.4. The third-order valence-corrected chi connectivity index (χ3v) is 2.28. The quantitative estimate of drug-likeness (QED) is 0.708. The van der Waals surface area contributed by atoms with Crippen molar-refractivity contribution in [3.8, 4) is 0 Å². The summed E-state index contributed by atoms with van der Waals surface area (Å²) in [5, 5.41) is 8.93. The molecule has 0 amide bonds. The molecule has 0 heterocycles. The number of carboxylic acid groups (broad SMARTS) is 1. The standard InChI is InChI=1S/C11H21NO4/c1-10(2,3)16-8(13)6-7(12)11(4,5)9(14)15/h7H,6,12H2,1-5H3,(H,14,15). The molecule has 0 aromatic rings. The average molecular weight is 231 g/mol. The lowest BCUT2D eigenvalue weighted by molar-refractivity contribution is -0.157. The van der Waals surface area contributed by atoms with Crippen molar-refractivity contribution < 1.29 is 19.4 Å². The van der Waals surface area contributed by atoms with Gasteiger partial charge in [-0.3, -0.25) is 9.59 Å². The number of hydrogen-bond donors (Lipinski definition) is 2. The van der Waals surface area contributed by atoms with Gasteiger partial charge in [0.2, 0.25) is 0 Å². The maximum Gasteiger partial charge on any atom is 0.310 e. The van der Waals surface area contributed by atoms with E-state index in [2.05, 4.69) is 0 Å². The second-order valence-electron chi connectivity index (χ2n) is 5.42. The first kappa shape index (κ1) is 14.9. The summed E-state index contributed by atoms with van der Waals surface area (Å²) in [7, 11) is 0. The Hall–Kier alpha value is -1.10. The van der Waals surface area contributed by atoms with Gasteiger partial charge in [0.05, 0.1) is 11.8 Å². The summed E-state index contributed by atoms with van der Waals surface area (Å²) >= 11 is 0. The van der Waals surface area contributed by atoms with E-state index in [0.29, 0.717) is 0 Å². The molecular formula is C11H21NO4. The number of nitrogens with two attached hydrogens (primary N) is 1. The fourth-order valence-electron chi connectivity index (χ4n) is 0.976. The van der Waals surface area contributed by atoms with E-state index < -0.39 is 29.0 Å². The Morgan fingerprint density at radius 2 is 1.69 bits per heavy atom. The SMILES string of the molecule is CC(C)(C)OC(=O)CC(N)C(C)(C)C(=O)O. The Bertz CT molecular complexity index is 278. The van der Waals surface area contributed by atoms with Gasteiger partial charge in [0, 0.05) is 6.04 Å². The molecule has 0 radical (unpaired) electrons. The van der Waals surface area contributed by atoms with Crippen LogP contribution in [0.5, 0.6) is 0 Å². The molecule has 1 atom stereocenters. The second kappa shape index (κ2) is 4.82. The summed E-state index contributed by atoms with van der Waals surface area (Å²) in [5.41, 5.74) is 3.97. The Morgan fingerprint density at radius 1 is 1.25 bits per heavy atom. The number of esters is 1. The van der Waals surface area contributed by atoms with Gasteiger partial charge in [-0.15, -0.1) is 0 Å². The van der Waals surface area contributed by atoms with E-state index in [9.17, 15) is 9.59 Å². The number of hydrogen-bond acceptors (Lipinski definition) is 4. The second-order valence-corrected chi connectivity index (χ2v) is 5.42. The first-order valence-electron chi connectivity index (χ1n) is 5.17. The summed E-state index contributed by atoms with van der Waals surface area (Å²) in [6.45, 7) is 8.23. The molecule has 3 N–H and O–H groups in total. The van der Waals surface area contributed by atoms with Gasteiger partial charge in [-0.25, -0.2) is 0 Å². The number of carboxylic acids is 1. The van der Waals surface area contributed by atoms with Gasteiger partial charge in [-0.1, -0.05) is 0 Å². The van der Waals surface area contributed by atoms with Crippen molar-refractivity contribution >= 4 is 11.9 Å². The van der Waals surface area contributed by atoms with Gasteiger partial charge in [0.25, 0.3) is 0 Å². The highest BCUT2D eigenvalue weighted by atomic mass is 16.6. The molecule has 0 bridgehead atoms. The van der Waals surface area contributed by atoms with E-state index in [1.54, 1.807) is 20.8 Å². The molecule has 0 fully saturated rings. The lowest BCUT2D eigenvalue weighted by Crippen LogP contribution is -2.45. The van der Waals surface area contributed by atoms with Crippen molar-refractivity contribution in [3.05, 3.63) is 0 Å². The fourth-order valence-corrected chi connectivity index (χ4v) is 0.976. The molecule has 5 heteroatoms. The highest BCUT2D eigenvalue weighted by Gasteiger charge is 2.36. The van der Waals surface area contributed by atoms with Crippen molar-refractivity contribution in [2.45, 2.75) is 52.7 Å². The van der Waals surface area contributed by atoms with E-state index in [4.69, 9.17) is 15.6 Å². The normalized spacial score (nSPS) is 14.4. The number of carbonyl (C=O) groups excluding carboxylic acids is 1. The van der Waals surface area contributed by atoms with E-state index >= 15 is 0 Å². The molecule has 1 unspecified atom stereocenters. The molecule has 0 aliphatic rings. The molecule has 0 aliphatic carbocycles. The Kier molecular flexibility index (Phi) is 4.49. The van der Waals surface area contributed by atoms with Crippen LogP contribution >= 0.6 is 0 Å². The third kappa shape index (κ3) is 4.61. The van der Waals surface area contributed by atoms with Gasteiger partial charge < -0.3 is 15.6 Å². The zero-order valence-corrected chi connectivity index (χ0v) is 10.5. The Morgan fingerprint density at radius 3 is 2.00 bits per heavy atom. The van der Waals surface area contributed by atoms with Crippen LogP contribution in [0, 0.1) is 5.41 Å². The topological polar surface area (TPSA) is 89.6 Å². The summed E-state index contributed by atoms with van der Waals surface area (Å²) < 4.78 is 5.07. The van der Waals surface area contributed by atoms with Gasteiger partial charge in [0.15, 0.2) is 0 Å². The summed E-state index contributed by atoms with van der Waals surface area (Å²) in [6, 6.07) is -0.764. The molecule has 94 valence electrons. The van der Waals surface area contributed by atoms with Crippen molar-refractivity contribution in [1.82, 2.24) is 0 Å². The predicted molar refractivity (Wildman–Crippen MR) is 59.9 cm³/mol. The van der Waals surface area contributed by atoms with E-state index in [1.165, 1.54) is 13.8 Å². The number of rotatable bonds is 4. The first-order chi connectivity index (χ1) is 6.97. The van der Waals surface area contributed by atoms with Crippen LogP contribution < -0.4 is 5.73 Å². The van der Waals surface area contributed by atoms with Crippen molar-refractivity contribution in [3.63, 3.8) is 0 Å². The lowest BCUT2D eigenvalue weighted by Gasteiger charge is -2.27. The van der Waals surface area contributed by atoms with Crippen LogP contribution in [0.1, 0.15) is 41.0 Å². The molecule has 0 spiro atoms. The van der Waals surface area contributed by atoms with Crippen LogP contribution in [0.2, 0.25) is 0 Å². The van der Waals surface area contributed by atoms with E-state index in [1.807, 2.05) is 0 Å². The number of carbonyl (C=O) groups is 2. The molecule has 16 heavy (non-hydrogen) atoms. The lowest BCUT2D eigenvalue weighted by atomic mass is 9.83. The molecule has 0 rings (SSSR count). The highest BCUT2D eigenvalue weighted by Crippen LogP contribution is 2.22. The van der Waals surface area contributed by atoms with Gasteiger partial charge in [-0.2, -0.15) is 0 Å². The monoisotopic (exact) mass is 231 g/mol. The average Bonchev–Trinajstić information content (AvgIpc) is 1.99. The zero-order valence-electron chi connectivity index (χ0n) is 10.5. The minimum atomic E-state index is -1.14. The Balaban J connectivity index is 4.41. The van der Waals surface area contributed by atoms with Crippen LogP contribution in [0.25, 0.3) is 0 Å². The molecule has 0 saturated carbocycles. The van der Waals surface area contributed by atoms with Crippen molar-refractivity contribution in [2.24, 2.45) is 11.1 Å². The van der Waals surface area contributed by atoms with Crippen LogP contribution in [-0.4, -0.2) is 28.7 Å². The maximum absolute atomic E-state index is 11.4. The molecular weight excluding hydrogens is 210 g/mol. The van der Waals surface area contributed by atoms with Gasteiger partial charge in [0.1, 0.15) is 5.60 Å². The van der Waals surface area contributed by atoms with Gasteiger partial charge in [-0.05, 0) is 34.6 Å². The zero-order chi connectivity index (χ0) is 13.1. The van der Waals surface area contributed by atoms with Crippen LogP contribution in [0.3, 0.4) is 0 Å². The molecule has 0 aliphatic heterocycles. The third-order valence-electron chi connectivity index (χ3n) is 2.28. The minimum absolute atomic E-state index is 0.101. The fraction of sp³-hybridized carbons (Fsp3) is 0.818. The van der Waals surface area contributed by atoms with Crippen molar-refractivity contribution in [1.29, 1.82) is 0 Å². The minimum Gasteiger partial charge on any atom is -0.481 e. The van der Waals surface area contributed by atoms with Crippen LogP contribution in [-0.2, 0) is 14.3 Å².